The average Bonchev–Trinajstić information content (AvgIpc) is 2.48. The van der Waals surface area contributed by atoms with Gasteiger partial charge in [-0.05, 0) is 56.8 Å². The number of hydrogen-bond donors (Lipinski definition) is 2. The van der Waals surface area contributed by atoms with Crippen molar-refractivity contribution in [1.29, 1.82) is 0 Å². The third kappa shape index (κ3) is 6.27. The van der Waals surface area contributed by atoms with Crippen molar-refractivity contribution in [2.45, 2.75) is 25.7 Å². The lowest BCUT2D eigenvalue weighted by Crippen LogP contribution is -2.41. The molecule has 1 heterocycles. The molecule has 0 radical (unpaired) electrons. The molecule has 1 aliphatic rings. The van der Waals surface area contributed by atoms with Gasteiger partial charge in [0.2, 0.25) is 0 Å². The molecular formula is C17H26N2O2. The zero-order chi connectivity index (χ0) is 14.9. The Balaban J connectivity index is 1.63. The van der Waals surface area contributed by atoms with Crippen LogP contribution in [0.15, 0.2) is 30.3 Å². The molecule has 0 spiro atoms. The number of nitrogens with zero attached hydrogens (tertiary/aromatic N) is 1. The van der Waals surface area contributed by atoms with Crippen LogP contribution in [-0.4, -0.2) is 48.7 Å². The molecule has 0 aromatic heterocycles. The van der Waals surface area contributed by atoms with E-state index in [4.69, 9.17) is 5.11 Å². The Morgan fingerprint density at radius 3 is 2.90 bits per heavy atom. The van der Waals surface area contributed by atoms with Crippen LogP contribution in [0, 0.1) is 5.92 Å². The Hall–Kier alpha value is -1.39. The fourth-order valence-electron chi connectivity index (χ4n) is 3.06. The number of aryl methyl sites for hydroxylation is 1. The van der Waals surface area contributed by atoms with Crippen LogP contribution in [0.4, 0.5) is 0 Å². The van der Waals surface area contributed by atoms with Crippen molar-refractivity contribution in [1.82, 2.24) is 10.2 Å². The van der Waals surface area contributed by atoms with Gasteiger partial charge in [-0.25, -0.2) is 0 Å². The molecule has 116 valence electrons. The second kappa shape index (κ2) is 8.80. The van der Waals surface area contributed by atoms with E-state index in [1.807, 2.05) is 0 Å². The zero-order valence-corrected chi connectivity index (χ0v) is 12.6. The fraction of sp³-hybridized carbons (Fsp3) is 0.588. The number of hydrogen-bond acceptors (Lipinski definition) is 3. The fourth-order valence-corrected chi connectivity index (χ4v) is 3.06. The minimum absolute atomic E-state index is 0.0739. The third-order valence-corrected chi connectivity index (χ3v) is 4.09. The highest BCUT2D eigenvalue weighted by molar-refractivity contribution is 5.68. The standard InChI is InChI=1S/C17H26N2O2/c20-17(21)13-18-12-16-9-5-11-19(14-16)10-4-8-15-6-2-1-3-7-15/h1-3,6-7,16,18H,4-5,8-14H2,(H,20,21). The van der Waals surface area contributed by atoms with E-state index in [0.29, 0.717) is 5.92 Å². The number of nitrogens with one attached hydrogen (secondary N) is 1. The number of piperidine rings is 1. The van der Waals surface area contributed by atoms with Crippen molar-refractivity contribution < 1.29 is 9.90 Å². The van der Waals surface area contributed by atoms with Gasteiger partial charge in [-0.2, -0.15) is 0 Å². The minimum atomic E-state index is -0.773. The topological polar surface area (TPSA) is 52.6 Å². The van der Waals surface area contributed by atoms with Crippen molar-refractivity contribution >= 4 is 5.97 Å². The lowest BCUT2D eigenvalue weighted by Gasteiger charge is -2.32. The number of carboxylic acids is 1. The van der Waals surface area contributed by atoms with Gasteiger partial charge in [0.05, 0.1) is 6.54 Å². The number of aliphatic carboxylic acids is 1. The van der Waals surface area contributed by atoms with Gasteiger partial charge >= 0.3 is 5.97 Å². The summed E-state index contributed by atoms with van der Waals surface area (Å²) in [6, 6.07) is 10.6. The van der Waals surface area contributed by atoms with Crippen LogP contribution in [0.1, 0.15) is 24.8 Å². The second-order valence-corrected chi connectivity index (χ2v) is 5.92. The SMILES string of the molecule is O=C(O)CNCC1CCCN(CCCc2ccccc2)C1. The average molecular weight is 290 g/mol. The maximum absolute atomic E-state index is 10.5. The molecule has 2 rings (SSSR count). The Morgan fingerprint density at radius 2 is 2.14 bits per heavy atom. The molecule has 1 aromatic rings. The van der Waals surface area contributed by atoms with Gasteiger partial charge < -0.3 is 15.3 Å². The summed E-state index contributed by atoms with van der Waals surface area (Å²) in [7, 11) is 0. The molecule has 0 saturated carbocycles. The molecule has 2 N–H and O–H groups in total. The van der Waals surface area contributed by atoms with Crippen molar-refractivity contribution in [2.75, 3.05) is 32.7 Å². The molecule has 1 fully saturated rings. The van der Waals surface area contributed by atoms with E-state index >= 15 is 0 Å². The number of benzene rings is 1. The normalized spacial score (nSPS) is 19.5. The molecule has 0 aliphatic carbocycles. The van der Waals surface area contributed by atoms with Gasteiger partial charge in [0.15, 0.2) is 0 Å². The Morgan fingerprint density at radius 1 is 1.33 bits per heavy atom. The van der Waals surface area contributed by atoms with E-state index in [9.17, 15) is 4.79 Å². The van der Waals surface area contributed by atoms with Crippen molar-refractivity contribution in [3.63, 3.8) is 0 Å². The third-order valence-electron chi connectivity index (χ3n) is 4.09. The Bertz CT molecular complexity index is 422. The number of rotatable bonds is 8. The van der Waals surface area contributed by atoms with Crippen LogP contribution in [0.25, 0.3) is 0 Å². The highest BCUT2D eigenvalue weighted by Gasteiger charge is 2.19. The van der Waals surface area contributed by atoms with Crippen LogP contribution < -0.4 is 5.32 Å². The first kappa shape index (κ1) is 16.0. The quantitative estimate of drug-likeness (QED) is 0.769. The van der Waals surface area contributed by atoms with Gasteiger partial charge in [-0.3, -0.25) is 4.79 Å². The number of carbonyl (C=O) groups is 1. The summed E-state index contributed by atoms with van der Waals surface area (Å²) < 4.78 is 0. The molecule has 1 aromatic carbocycles. The zero-order valence-electron chi connectivity index (χ0n) is 12.6. The smallest absolute Gasteiger partial charge is 0.317 e. The minimum Gasteiger partial charge on any atom is -0.480 e. The first-order valence-corrected chi connectivity index (χ1v) is 7.93. The van der Waals surface area contributed by atoms with Crippen LogP contribution in [0.5, 0.6) is 0 Å². The largest absolute Gasteiger partial charge is 0.480 e. The summed E-state index contributed by atoms with van der Waals surface area (Å²) >= 11 is 0. The van der Waals surface area contributed by atoms with E-state index < -0.39 is 5.97 Å². The molecular weight excluding hydrogens is 264 g/mol. The second-order valence-electron chi connectivity index (χ2n) is 5.92. The summed E-state index contributed by atoms with van der Waals surface area (Å²) in [6.45, 7) is 4.32. The van der Waals surface area contributed by atoms with Crippen LogP contribution in [0.3, 0.4) is 0 Å². The highest BCUT2D eigenvalue weighted by Crippen LogP contribution is 2.16. The number of carboxylic acid groups (broad SMARTS) is 1. The van der Waals surface area contributed by atoms with Crippen molar-refractivity contribution in [2.24, 2.45) is 5.92 Å². The Labute approximate surface area is 127 Å². The summed E-state index contributed by atoms with van der Waals surface area (Å²) in [5.41, 5.74) is 1.41. The summed E-state index contributed by atoms with van der Waals surface area (Å²) in [5.74, 6) is -0.180. The van der Waals surface area contributed by atoms with Crippen LogP contribution >= 0.6 is 0 Å². The van der Waals surface area contributed by atoms with Crippen molar-refractivity contribution in [3.05, 3.63) is 35.9 Å². The molecule has 0 amide bonds. The Kier molecular flexibility index (Phi) is 6.70. The molecule has 1 unspecified atom stereocenters. The van der Waals surface area contributed by atoms with E-state index in [1.54, 1.807) is 0 Å². The first-order valence-electron chi connectivity index (χ1n) is 7.93. The van der Waals surface area contributed by atoms with Gasteiger partial charge in [-0.15, -0.1) is 0 Å². The van der Waals surface area contributed by atoms with Gasteiger partial charge in [-0.1, -0.05) is 30.3 Å². The van der Waals surface area contributed by atoms with E-state index in [-0.39, 0.29) is 6.54 Å². The van der Waals surface area contributed by atoms with Gasteiger partial charge in [0.1, 0.15) is 0 Å². The first-order chi connectivity index (χ1) is 10.2. The van der Waals surface area contributed by atoms with Gasteiger partial charge in [0, 0.05) is 6.54 Å². The molecule has 1 atom stereocenters. The monoisotopic (exact) mass is 290 g/mol. The molecule has 1 aliphatic heterocycles. The summed E-state index contributed by atoms with van der Waals surface area (Å²) in [6.07, 6.45) is 4.77. The van der Waals surface area contributed by atoms with E-state index in [2.05, 4.69) is 40.5 Å². The maximum atomic E-state index is 10.5. The lowest BCUT2D eigenvalue weighted by molar-refractivity contribution is -0.136. The lowest BCUT2D eigenvalue weighted by atomic mass is 9.97. The van der Waals surface area contributed by atoms with Crippen LogP contribution in [-0.2, 0) is 11.2 Å². The molecule has 4 nitrogen and oxygen atoms in total. The predicted octanol–water partition coefficient (Wildman–Crippen LogP) is 2.01. The maximum Gasteiger partial charge on any atom is 0.317 e. The van der Waals surface area contributed by atoms with Gasteiger partial charge in [0.25, 0.3) is 0 Å². The predicted molar refractivity (Wildman–Crippen MR) is 84.4 cm³/mol. The highest BCUT2D eigenvalue weighted by atomic mass is 16.4. The summed E-state index contributed by atoms with van der Waals surface area (Å²) in [4.78, 5) is 13.0. The van der Waals surface area contributed by atoms with E-state index in [1.165, 1.54) is 31.4 Å². The van der Waals surface area contributed by atoms with Crippen molar-refractivity contribution in [3.8, 4) is 0 Å². The molecule has 1 saturated heterocycles. The van der Waals surface area contributed by atoms with E-state index in [0.717, 1.165) is 26.1 Å². The number of likely N-dealkylation sites (tertiary alicyclic amines) is 1. The summed E-state index contributed by atoms with van der Waals surface area (Å²) in [5, 5.41) is 11.7. The molecule has 4 heteroatoms. The molecule has 21 heavy (non-hydrogen) atoms. The van der Waals surface area contributed by atoms with Crippen LogP contribution in [0.2, 0.25) is 0 Å². The molecule has 0 bridgehead atoms.